The molecule has 2 rings (SSSR count). The molecule has 5 heteroatoms. The number of hydrogen-bond donors (Lipinski definition) is 1. The van der Waals surface area contributed by atoms with E-state index in [1.165, 1.54) is 24.3 Å². The lowest BCUT2D eigenvalue weighted by molar-refractivity contribution is -0.128. The normalized spacial score (nSPS) is 10.6. The summed E-state index contributed by atoms with van der Waals surface area (Å²) in [6, 6.07) is 14.0. The minimum atomic E-state index is -1.15. The van der Waals surface area contributed by atoms with Crippen molar-refractivity contribution < 1.29 is 13.9 Å². The van der Waals surface area contributed by atoms with Crippen LogP contribution in [0.5, 0.6) is 5.75 Å². The standard InChI is InChI=1S/C17H15FN2O2/c1-17(2,22-15-8-6-13(18)7-9-15)16(21)20-14-5-3-4-12(10-14)11-19/h3-10H,1-2H3,(H,20,21). The topological polar surface area (TPSA) is 62.1 Å². The van der Waals surface area contributed by atoms with Crippen LogP contribution in [-0.4, -0.2) is 11.5 Å². The number of halogens is 1. The van der Waals surface area contributed by atoms with Crippen LogP contribution in [-0.2, 0) is 4.79 Å². The maximum Gasteiger partial charge on any atom is 0.267 e. The number of nitriles is 1. The highest BCUT2D eigenvalue weighted by Crippen LogP contribution is 2.20. The van der Waals surface area contributed by atoms with Crippen LogP contribution in [0.4, 0.5) is 10.1 Å². The predicted octanol–water partition coefficient (Wildman–Crippen LogP) is 3.49. The van der Waals surface area contributed by atoms with Gasteiger partial charge in [0, 0.05) is 5.69 Å². The van der Waals surface area contributed by atoms with E-state index in [9.17, 15) is 9.18 Å². The Balaban J connectivity index is 2.09. The van der Waals surface area contributed by atoms with Gasteiger partial charge in [-0.25, -0.2) is 4.39 Å². The zero-order chi connectivity index (χ0) is 16.2. The summed E-state index contributed by atoms with van der Waals surface area (Å²) in [5.41, 5.74) is -0.185. The molecule has 4 nitrogen and oxygen atoms in total. The summed E-state index contributed by atoms with van der Waals surface area (Å²) in [4.78, 5) is 12.3. The summed E-state index contributed by atoms with van der Waals surface area (Å²) in [5, 5.41) is 11.6. The van der Waals surface area contributed by atoms with E-state index in [2.05, 4.69) is 5.32 Å². The van der Waals surface area contributed by atoms with Crippen LogP contribution in [0.15, 0.2) is 48.5 Å². The summed E-state index contributed by atoms with van der Waals surface area (Å²) in [7, 11) is 0. The van der Waals surface area contributed by atoms with Crippen molar-refractivity contribution in [2.75, 3.05) is 5.32 Å². The number of amides is 1. The van der Waals surface area contributed by atoms with Gasteiger partial charge in [0.15, 0.2) is 5.60 Å². The number of ether oxygens (including phenoxy) is 1. The van der Waals surface area contributed by atoms with Gasteiger partial charge in [-0.1, -0.05) is 6.07 Å². The highest BCUT2D eigenvalue weighted by atomic mass is 19.1. The molecule has 0 heterocycles. The third kappa shape index (κ3) is 3.83. The molecule has 0 aliphatic rings. The number of carbonyl (C=O) groups is 1. The number of carbonyl (C=O) groups excluding carboxylic acids is 1. The molecule has 0 fully saturated rings. The SMILES string of the molecule is CC(C)(Oc1ccc(F)cc1)C(=O)Nc1cccc(C#N)c1. The van der Waals surface area contributed by atoms with Gasteiger partial charge in [-0.3, -0.25) is 4.79 Å². The van der Waals surface area contributed by atoms with Crippen LogP contribution >= 0.6 is 0 Å². The van der Waals surface area contributed by atoms with Crippen molar-refractivity contribution in [1.29, 1.82) is 5.26 Å². The molecule has 0 aliphatic carbocycles. The van der Waals surface area contributed by atoms with Crippen molar-refractivity contribution in [2.24, 2.45) is 0 Å². The van der Waals surface area contributed by atoms with Gasteiger partial charge < -0.3 is 10.1 Å². The third-order valence-electron chi connectivity index (χ3n) is 2.98. The molecule has 1 amide bonds. The molecule has 22 heavy (non-hydrogen) atoms. The Bertz CT molecular complexity index is 718. The van der Waals surface area contributed by atoms with E-state index >= 15 is 0 Å². The van der Waals surface area contributed by atoms with Gasteiger partial charge in [0.25, 0.3) is 5.91 Å². The quantitative estimate of drug-likeness (QED) is 0.939. The number of anilines is 1. The maximum absolute atomic E-state index is 12.9. The number of nitrogens with one attached hydrogen (secondary N) is 1. The Kier molecular flexibility index (Phi) is 4.42. The molecule has 112 valence electrons. The Morgan fingerprint density at radius 1 is 1.23 bits per heavy atom. The lowest BCUT2D eigenvalue weighted by Gasteiger charge is -2.25. The highest BCUT2D eigenvalue weighted by molar-refractivity contribution is 5.97. The average molecular weight is 298 g/mol. The molecule has 0 saturated carbocycles. The molecule has 0 radical (unpaired) electrons. The van der Waals surface area contributed by atoms with Crippen molar-refractivity contribution in [3.05, 3.63) is 59.9 Å². The van der Waals surface area contributed by atoms with Crippen molar-refractivity contribution in [2.45, 2.75) is 19.4 Å². The maximum atomic E-state index is 12.9. The second-order valence-electron chi connectivity index (χ2n) is 5.21. The molecule has 2 aromatic carbocycles. The van der Waals surface area contributed by atoms with Crippen LogP contribution < -0.4 is 10.1 Å². The molecule has 0 bridgehead atoms. The number of rotatable bonds is 4. The molecule has 1 N–H and O–H groups in total. The minimum absolute atomic E-state index is 0.369. The van der Waals surface area contributed by atoms with Crippen LogP contribution in [0.25, 0.3) is 0 Å². The monoisotopic (exact) mass is 298 g/mol. The summed E-state index contributed by atoms with van der Waals surface area (Å²) in [5.74, 6) is -0.345. The van der Waals surface area contributed by atoms with Gasteiger partial charge in [0.2, 0.25) is 0 Å². The minimum Gasteiger partial charge on any atom is -0.478 e. The summed E-state index contributed by atoms with van der Waals surface area (Å²) < 4.78 is 18.5. The number of nitrogens with zero attached hydrogens (tertiary/aromatic N) is 1. The first-order valence-electron chi connectivity index (χ1n) is 6.67. The fourth-order valence-corrected chi connectivity index (χ4v) is 1.79. The Labute approximate surface area is 128 Å². The second-order valence-corrected chi connectivity index (χ2v) is 5.21. The first kappa shape index (κ1) is 15.5. The fourth-order valence-electron chi connectivity index (χ4n) is 1.79. The summed E-state index contributed by atoms with van der Waals surface area (Å²) in [6.45, 7) is 3.22. The van der Waals surface area contributed by atoms with Gasteiger partial charge >= 0.3 is 0 Å². The number of benzene rings is 2. The lowest BCUT2D eigenvalue weighted by atomic mass is 10.1. The molecule has 0 unspecified atom stereocenters. The number of hydrogen-bond acceptors (Lipinski definition) is 3. The van der Waals surface area contributed by atoms with Crippen molar-refractivity contribution in [3.63, 3.8) is 0 Å². The molecule has 2 aromatic rings. The lowest BCUT2D eigenvalue weighted by Crippen LogP contribution is -2.42. The Hall–Kier alpha value is -2.87. The van der Waals surface area contributed by atoms with Gasteiger partial charge in [-0.05, 0) is 56.3 Å². The van der Waals surface area contributed by atoms with Crippen LogP contribution in [0, 0.1) is 17.1 Å². The third-order valence-corrected chi connectivity index (χ3v) is 2.98. The first-order valence-corrected chi connectivity index (χ1v) is 6.67. The first-order chi connectivity index (χ1) is 10.4. The second kappa shape index (κ2) is 6.27. The largest absolute Gasteiger partial charge is 0.478 e. The van der Waals surface area contributed by atoms with Gasteiger partial charge in [0.05, 0.1) is 11.6 Å². The predicted molar refractivity (Wildman–Crippen MR) is 80.9 cm³/mol. The van der Waals surface area contributed by atoms with Crippen LogP contribution in [0.2, 0.25) is 0 Å². The van der Waals surface area contributed by atoms with E-state index in [1.807, 2.05) is 6.07 Å². The van der Waals surface area contributed by atoms with Crippen LogP contribution in [0.3, 0.4) is 0 Å². The van der Waals surface area contributed by atoms with Crippen molar-refractivity contribution in [3.8, 4) is 11.8 Å². The Morgan fingerprint density at radius 3 is 2.55 bits per heavy atom. The molecule has 0 atom stereocenters. The van der Waals surface area contributed by atoms with E-state index in [-0.39, 0.29) is 11.7 Å². The molecule has 0 aliphatic heterocycles. The van der Waals surface area contributed by atoms with Gasteiger partial charge in [0.1, 0.15) is 11.6 Å². The van der Waals surface area contributed by atoms with E-state index in [0.29, 0.717) is 17.0 Å². The molecular formula is C17H15FN2O2. The molecule has 0 spiro atoms. The molecule has 0 saturated heterocycles. The summed E-state index contributed by atoms with van der Waals surface area (Å²) in [6.07, 6.45) is 0. The van der Waals surface area contributed by atoms with E-state index in [1.54, 1.807) is 38.1 Å². The highest BCUT2D eigenvalue weighted by Gasteiger charge is 2.30. The zero-order valence-electron chi connectivity index (χ0n) is 12.3. The van der Waals surface area contributed by atoms with Crippen molar-refractivity contribution >= 4 is 11.6 Å². The van der Waals surface area contributed by atoms with Crippen molar-refractivity contribution in [1.82, 2.24) is 0 Å². The molecular weight excluding hydrogens is 283 g/mol. The zero-order valence-corrected chi connectivity index (χ0v) is 12.3. The van der Waals surface area contributed by atoms with Crippen LogP contribution in [0.1, 0.15) is 19.4 Å². The molecule has 0 aromatic heterocycles. The summed E-state index contributed by atoms with van der Waals surface area (Å²) >= 11 is 0. The average Bonchev–Trinajstić information content (AvgIpc) is 2.49. The van der Waals surface area contributed by atoms with Gasteiger partial charge in [-0.2, -0.15) is 5.26 Å². The van der Waals surface area contributed by atoms with E-state index in [0.717, 1.165) is 0 Å². The smallest absolute Gasteiger partial charge is 0.267 e. The van der Waals surface area contributed by atoms with Gasteiger partial charge in [-0.15, -0.1) is 0 Å². The van der Waals surface area contributed by atoms with E-state index in [4.69, 9.17) is 10.00 Å². The fraction of sp³-hybridized carbons (Fsp3) is 0.176. The Morgan fingerprint density at radius 2 is 1.91 bits per heavy atom. The van der Waals surface area contributed by atoms with E-state index < -0.39 is 5.60 Å².